The van der Waals surface area contributed by atoms with Crippen LogP contribution in [0, 0.1) is 11.3 Å². The van der Waals surface area contributed by atoms with Gasteiger partial charge in [-0.1, -0.05) is 0 Å². The van der Waals surface area contributed by atoms with Gasteiger partial charge in [0.2, 0.25) is 0 Å². The summed E-state index contributed by atoms with van der Waals surface area (Å²) in [5.74, 6) is -1.46. The van der Waals surface area contributed by atoms with Crippen LogP contribution < -0.4 is 4.74 Å². The summed E-state index contributed by atoms with van der Waals surface area (Å²) in [5, 5.41) is 26.9. The largest absolute Gasteiger partial charge is 0.496 e. The van der Waals surface area contributed by atoms with Crippen molar-refractivity contribution >= 4 is 12.3 Å². The average Bonchev–Trinajstić information content (AvgIpc) is 2.35. The van der Waals surface area contributed by atoms with E-state index in [2.05, 4.69) is 0 Å². The Kier molecular flexibility index (Phi) is 3.80. The van der Waals surface area contributed by atoms with E-state index >= 15 is 0 Å². The summed E-state index contributed by atoms with van der Waals surface area (Å²) in [5.41, 5.74) is -0.146. The average molecular weight is 235 g/mol. The highest BCUT2D eigenvalue weighted by Crippen LogP contribution is 2.27. The van der Waals surface area contributed by atoms with Gasteiger partial charge in [-0.15, -0.1) is 0 Å². The Morgan fingerprint density at radius 1 is 1.59 bits per heavy atom. The standard InChI is InChI=1S/C11H9NO5/c1-17-9-3-6(4-12)2-7(8(9)5-13)10(14)11(15)16/h2-3,5,10,14H,1H3,(H,15,16). The summed E-state index contributed by atoms with van der Waals surface area (Å²) in [4.78, 5) is 21.5. The van der Waals surface area contributed by atoms with Gasteiger partial charge in [0.1, 0.15) is 5.75 Å². The zero-order chi connectivity index (χ0) is 13.0. The number of aldehydes is 1. The number of aliphatic hydroxyl groups excluding tert-OH is 1. The molecular weight excluding hydrogens is 226 g/mol. The van der Waals surface area contributed by atoms with E-state index in [4.69, 9.17) is 15.1 Å². The van der Waals surface area contributed by atoms with Gasteiger partial charge in [-0.2, -0.15) is 5.26 Å². The second-order valence-corrected chi connectivity index (χ2v) is 3.15. The highest BCUT2D eigenvalue weighted by atomic mass is 16.5. The third kappa shape index (κ3) is 2.41. The van der Waals surface area contributed by atoms with E-state index < -0.39 is 12.1 Å². The van der Waals surface area contributed by atoms with Crippen LogP contribution in [0.1, 0.15) is 27.6 Å². The number of rotatable bonds is 4. The molecular formula is C11H9NO5. The first-order valence-electron chi connectivity index (χ1n) is 4.53. The molecule has 0 heterocycles. The molecule has 0 bridgehead atoms. The molecule has 0 amide bonds. The molecule has 0 spiro atoms. The van der Waals surface area contributed by atoms with E-state index in [1.165, 1.54) is 13.2 Å². The van der Waals surface area contributed by atoms with Crippen LogP contribution in [0.4, 0.5) is 0 Å². The van der Waals surface area contributed by atoms with E-state index in [0.29, 0.717) is 6.29 Å². The number of hydrogen-bond donors (Lipinski definition) is 2. The number of benzene rings is 1. The van der Waals surface area contributed by atoms with Crippen LogP contribution in [0.2, 0.25) is 0 Å². The number of aliphatic carboxylic acids is 1. The van der Waals surface area contributed by atoms with Crippen LogP contribution in [0.5, 0.6) is 5.75 Å². The van der Waals surface area contributed by atoms with Crippen LogP contribution >= 0.6 is 0 Å². The summed E-state index contributed by atoms with van der Waals surface area (Å²) in [7, 11) is 1.28. The van der Waals surface area contributed by atoms with Crippen molar-refractivity contribution in [3.63, 3.8) is 0 Å². The number of aliphatic hydroxyl groups is 1. The van der Waals surface area contributed by atoms with Crippen molar-refractivity contribution in [1.82, 2.24) is 0 Å². The van der Waals surface area contributed by atoms with Crippen LogP contribution in [-0.4, -0.2) is 29.6 Å². The monoisotopic (exact) mass is 235 g/mol. The molecule has 0 saturated carbocycles. The number of carbonyl (C=O) groups excluding carboxylic acids is 1. The molecule has 6 nitrogen and oxygen atoms in total. The maximum atomic E-state index is 10.9. The van der Waals surface area contributed by atoms with Crippen molar-refractivity contribution in [2.45, 2.75) is 6.10 Å². The van der Waals surface area contributed by atoms with Crippen molar-refractivity contribution in [3.05, 3.63) is 28.8 Å². The van der Waals surface area contributed by atoms with E-state index in [1.807, 2.05) is 0 Å². The summed E-state index contributed by atoms with van der Waals surface area (Å²) >= 11 is 0. The third-order valence-electron chi connectivity index (χ3n) is 2.17. The van der Waals surface area contributed by atoms with Crippen LogP contribution in [-0.2, 0) is 4.79 Å². The van der Waals surface area contributed by atoms with E-state index in [0.717, 1.165) is 6.07 Å². The number of carboxylic acid groups (broad SMARTS) is 1. The van der Waals surface area contributed by atoms with Gasteiger partial charge in [-0.3, -0.25) is 4.79 Å². The molecule has 0 fully saturated rings. The molecule has 88 valence electrons. The zero-order valence-electron chi connectivity index (χ0n) is 8.88. The molecule has 1 aromatic carbocycles. The van der Waals surface area contributed by atoms with Gasteiger partial charge in [-0.25, -0.2) is 4.79 Å². The van der Waals surface area contributed by atoms with Crippen molar-refractivity contribution in [2.75, 3.05) is 7.11 Å². The lowest BCUT2D eigenvalue weighted by molar-refractivity contribution is -0.146. The number of methoxy groups -OCH3 is 1. The molecule has 0 aromatic heterocycles. The molecule has 17 heavy (non-hydrogen) atoms. The molecule has 6 heteroatoms. The van der Waals surface area contributed by atoms with Gasteiger partial charge in [0, 0.05) is 5.56 Å². The van der Waals surface area contributed by atoms with Crippen molar-refractivity contribution < 1.29 is 24.5 Å². The maximum Gasteiger partial charge on any atom is 0.337 e. The molecule has 0 aliphatic rings. The van der Waals surface area contributed by atoms with Crippen molar-refractivity contribution in [1.29, 1.82) is 5.26 Å². The van der Waals surface area contributed by atoms with Gasteiger partial charge in [0.25, 0.3) is 0 Å². The fraction of sp³-hybridized carbons (Fsp3) is 0.182. The Hall–Kier alpha value is -2.39. The topological polar surface area (TPSA) is 108 Å². The predicted molar refractivity (Wildman–Crippen MR) is 55.7 cm³/mol. The minimum absolute atomic E-state index is 0.0503. The number of hydrogen-bond acceptors (Lipinski definition) is 5. The number of nitriles is 1. The van der Waals surface area contributed by atoms with E-state index in [9.17, 15) is 14.7 Å². The number of carboxylic acids is 1. The fourth-order valence-electron chi connectivity index (χ4n) is 1.37. The summed E-state index contributed by atoms with van der Waals surface area (Å²) < 4.78 is 4.86. The van der Waals surface area contributed by atoms with Crippen molar-refractivity contribution in [2.24, 2.45) is 0 Å². The molecule has 1 unspecified atom stereocenters. The lowest BCUT2D eigenvalue weighted by atomic mass is 9.99. The maximum absolute atomic E-state index is 10.9. The quantitative estimate of drug-likeness (QED) is 0.735. The van der Waals surface area contributed by atoms with Crippen LogP contribution in [0.25, 0.3) is 0 Å². The van der Waals surface area contributed by atoms with Gasteiger partial charge in [0.15, 0.2) is 12.4 Å². The Morgan fingerprint density at radius 3 is 2.65 bits per heavy atom. The Bertz CT molecular complexity index is 503. The highest BCUT2D eigenvalue weighted by Gasteiger charge is 2.23. The molecule has 0 saturated heterocycles. The lowest BCUT2D eigenvalue weighted by Crippen LogP contribution is -2.13. The zero-order valence-corrected chi connectivity index (χ0v) is 8.88. The van der Waals surface area contributed by atoms with Gasteiger partial charge >= 0.3 is 5.97 Å². The Labute approximate surface area is 96.7 Å². The lowest BCUT2D eigenvalue weighted by Gasteiger charge is -2.12. The highest BCUT2D eigenvalue weighted by molar-refractivity contribution is 5.86. The van der Waals surface area contributed by atoms with Gasteiger partial charge in [-0.05, 0) is 12.1 Å². The molecule has 2 N–H and O–H groups in total. The summed E-state index contributed by atoms with van der Waals surface area (Å²) in [6.45, 7) is 0. The summed E-state index contributed by atoms with van der Waals surface area (Å²) in [6, 6.07) is 4.22. The smallest absolute Gasteiger partial charge is 0.337 e. The fourth-order valence-corrected chi connectivity index (χ4v) is 1.37. The Balaban J connectivity index is 3.50. The van der Waals surface area contributed by atoms with E-state index in [-0.39, 0.29) is 22.4 Å². The molecule has 1 aromatic rings. The molecule has 0 radical (unpaired) electrons. The summed E-state index contributed by atoms with van der Waals surface area (Å²) in [6.07, 6.45) is -1.50. The normalized spacial score (nSPS) is 11.4. The first-order chi connectivity index (χ1) is 8.04. The molecule has 0 aliphatic heterocycles. The second kappa shape index (κ2) is 5.09. The molecule has 0 aliphatic carbocycles. The SMILES string of the molecule is COc1cc(C#N)cc(C(O)C(=O)O)c1C=O. The first kappa shape index (κ1) is 12.7. The van der Waals surface area contributed by atoms with E-state index in [1.54, 1.807) is 6.07 Å². The minimum atomic E-state index is -1.88. The third-order valence-corrected chi connectivity index (χ3v) is 2.17. The Morgan fingerprint density at radius 2 is 2.24 bits per heavy atom. The van der Waals surface area contributed by atoms with Gasteiger partial charge < -0.3 is 14.9 Å². The van der Waals surface area contributed by atoms with Gasteiger partial charge in [0.05, 0.1) is 24.3 Å². The van der Waals surface area contributed by atoms with Crippen molar-refractivity contribution in [3.8, 4) is 11.8 Å². The first-order valence-corrected chi connectivity index (χ1v) is 4.53. The van der Waals surface area contributed by atoms with Crippen LogP contribution in [0.3, 0.4) is 0 Å². The second-order valence-electron chi connectivity index (χ2n) is 3.15. The molecule has 1 atom stereocenters. The predicted octanol–water partition coefficient (Wildman–Crippen LogP) is 0.497. The number of nitrogens with zero attached hydrogens (tertiary/aromatic N) is 1. The molecule has 1 rings (SSSR count). The number of ether oxygens (including phenoxy) is 1. The minimum Gasteiger partial charge on any atom is -0.496 e. The number of carbonyl (C=O) groups is 2. The van der Waals surface area contributed by atoms with Crippen LogP contribution in [0.15, 0.2) is 12.1 Å².